The number of hydrogen-bond acceptors (Lipinski definition) is 3. The Kier molecular flexibility index (Phi) is 3.16. The third-order valence-corrected chi connectivity index (χ3v) is 3.14. The molecule has 1 amide bonds. The summed E-state index contributed by atoms with van der Waals surface area (Å²) in [6, 6.07) is 9.10. The summed E-state index contributed by atoms with van der Waals surface area (Å²) in [7, 11) is 0. The van der Waals surface area contributed by atoms with E-state index in [0.29, 0.717) is 5.56 Å². The van der Waals surface area contributed by atoms with Crippen LogP contribution in [0.1, 0.15) is 29.1 Å². The number of amides is 1. The first-order chi connectivity index (χ1) is 9.74. The molecule has 1 unspecified atom stereocenters. The zero-order valence-corrected chi connectivity index (χ0v) is 11.0. The molecule has 1 atom stereocenters. The molecule has 5 heteroatoms. The minimum Gasteiger partial charge on any atom is -0.347 e. The van der Waals surface area contributed by atoms with E-state index < -0.39 is 0 Å². The van der Waals surface area contributed by atoms with Gasteiger partial charge in [-0.05, 0) is 31.2 Å². The molecule has 2 heterocycles. The molecule has 0 radical (unpaired) electrons. The predicted octanol–water partition coefficient (Wildman–Crippen LogP) is 2.45. The zero-order valence-electron chi connectivity index (χ0n) is 11.0. The van der Waals surface area contributed by atoms with Crippen molar-refractivity contribution >= 4 is 16.8 Å². The minimum atomic E-state index is -0.165. The molecule has 5 nitrogen and oxygen atoms in total. The van der Waals surface area contributed by atoms with Gasteiger partial charge in [0.1, 0.15) is 5.82 Å². The van der Waals surface area contributed by atoms with E-state index in [1.54, 1.807) is 24.7 Å². The SMILES string of the molecule is CC(NC(=O)c1ccc2ncccc2c1)c1ncc[nH]1. The third-order valence-electron chi connectivity index (χ3n) is 3.14. The molecule has 2 N–H and O–H groups in total. The van der Waals surface area contributed by atoms with Gasteiger partial charge in [0.2, 0.25) is 0 Å². The van der Waals surface area contributed by atoms with Crippen LogP contribution in [0.5, 0.6) is 0 Å². The number of H-pyrrole nitrogens is 1. The number of nitrogens with zero attached hydrogens (tertiary/aromatic N) is 2. The van der Waals surface area contributed by atoms with E-state index in [4.69, 9.17) is 0 Å². The second-order valence-electron chi connectivity index (χ2n) is 4.58. The highest BCUT2D eigenvalue weighted by Crippen LogP contribution is 2.14. The van der Waals surface area contributed by atoms with Crippen LogP contribution in [0.15, 0.2) is 48.9 Å². The smallest absolute Gasteiger partial charge is 0.251 e. The lowest BCUT2D eigenvalue weighted by Gasteiger charge is -2.11. The van der Waals surface area contributed by atoms with Crippen LogP contribution in [0, 0.1) is 0 Å². The molecule has 0 spiro atoms. The van der Waals surface area contributed by atoms with Gasteiger partial charge in [-0.15, -0.1) is 0 Å². The molecule has 0 saturated carbocycles. The molecule has 0 saturated heterocycles. The first-order valence-corrected chi connectivity index (χ1v) is 6.39. The quantitative estimate of drug-likeness (QED) is 0.765. The predicted molar refractivity (Wildman–Crippen MR) is 76.2 cm³/mol. The largest absolute Gasteiger partial charge is 0.347 e. The van der Waals surface area contributed by atoms with Gasteiger partial charge in [-0.3, -0.25) is 9.78 Å². The Morgan fingerprint density at radius 1 is 1.25 bits per heavy atom. The van der Waals surface area contributed by atoms with Crippen LogP contribution >= 0.6 is 0 Å². The van der Waals surface area contributed by atoms with E-state index >= 15 is 0 Å². The molecule has 2 aromatic heterocycles. The number of aromatic amines is 1. The maximum absolute atomic E-state index is 12.2. The number of rotatable bonds is 3. The molecule has 0 aliphatic heterocycles. The number of carbonyl (C=O) groups is 1. The van der Waals surface area contributed by atoms with Gasteiger partial charge in [0.25, 0.3) is 5.91 Å². The van der Waals surface area contributed by atoms with E-state index in [1.807, 2.05) is 31.2 Å². The Hall–Kier alpha value is -2.69. The lowest BCUT2D eigenvalue weighted by Crippen LogP contribution is -2.27. The molecule has 3 rings (SSSR count). The number of fused-ring (bicyclic) bond motifs is 1. The Balaban J connectivity index is 1.82. The highest BCUT2D eigenvalue weighted by atomic mass is 16.1. The first kappa shape index (κ1) is 12.3. The topological polar surface area (TPSA) is 70.7 Å². The van der Waals surface area contributed by atoms with Crippen LogP contribution < -0.4 is 5.32 Å². The average Bonchev–Trinajstić information content (AvgIpc) is 3.01. The Morgan fingerprint density at radius 2 is 2.15 bits per heavy atom. The van der Waals surface area contributed by atoms with Crippen LogP contribution in [-0.4, -0.2) is 20.9 Å². The van der Waals surface area contributed by atoms with Crippen LogP contribution in [0.4, 0.5) is 0 Å². The fraction of sp³-hybridized carbons (Fsp3) is 0.133. The summed E-state index contributed by atoms with van der Waals surface area (Å²) in [6.07, 6.45) is 5.14. The van der Waals surface area contributed by atoms with Gasteiger partial charge >= 0.3 is 0 Å². The van der Waals surface area contributed by atoms with Crippen LogP contribution in [0.2, 0.25) is 0 Å². The molecule has 0 bridgehead atoms. The van der Waals surface area contributed by atoms with E-state index in [1.165, 1.54) is 0 Å². The normalized spacial score (nSPS) is 12.2. The van der Waals surface area contributed by atoms with Crippen LogP contribution in [-0.2, 0) is 0 Å². The number of benzene rings is 1. The van der Waals surface area contributed by atoms with Crippen LogP contribution in [0.3, 0.4) is 0 Å². The molecular weight excluding hydrogens is 252 g/mol. The van der Waals surface area contributed by atoms with Gasteiger partial charge in [-0.25, -0.2) is 4.98 Å². The van der Waals surface area contributed by atoms with Crippen molar-refractivity contribution in [3.8, 4) is 0 Å². The Morgan fingerprint density at radius 3 is 2.95 bits per heavy atom. The molecule has 3 aromatic rings. The van der Waals surface area contributed by atoms with Gasteiger partial charge in [0.15, 0.2) is 0 Å². The van der Waals surface area contributed by atoms with Gasteiger partial charge in [0.05, 0.1) is 11.6 Å². The fourth-order valence-electron chi connectivity index (χ4n) is 2.08. The summed E-state index contributed by atoms with van der Waals surface area (Å²) in [5.41, 5.74) is 1.49. The van der Waals surface area contributed by atoms with Gasteiger partial charge < -0.3 is 10.3 Å². The number of nitrogens with one attached hydrogen (secondary N) is 2. The highest BCUT2D eigenvalue weighted by Gasteiger charge is 2.13. The summed E-state index contributed by atoms with van der Waals surface area (Å²) >= 11 is 0. The molecule has 1 aromatic carbocycles. The minimum absolute atomic E-state index is 0.125. The Bertz CT molecular complexity index is 736. The second kappa shape index (κ2) is 5.13. The van der Waals surface area contributed by atoms with Crippen LogP contribution in [0.25, 0.3) is 10.9 Å². The summed E-state index contributed by atoms with van der Waals surface area (Å²) in [6.45, 7) is 1.89. The van der Waals surface area contributed by atoms with Gasteiger partial charge in [0, 0.05) is 29.5 Å². The zero-order chi connectivity index (χ0) is 13.9. The van der Waals surface area contributed by atoms with Crippen molar-refractivity contribution in [1.29, 1.82) is 0 Å². The molecule has 100 valence electrons. The van der Waals surface area contributed by atoms with Crippen molar-refractivity contribution in [2.24, 2.45) is 0 Å². The van der Waals surface area contributed by atoms with E-state index in [-0.39, 0.29) is 11.9 Å². The van der Waals surface area contributed by atoms with E-state index in [0.717, 1.165) is 16.7 Å². The number of imidazole rings is 1. The lowest BCUT2D eigenvalue weighted by atomic mass is 10.1. The third kappa shape index (κ3) is 2.38. The van der Waals surface area contributed by atoms with Gasteiger partial charge in [-0.1, -0.05) is 6.07 Å². The van der Waals surface area contributed by atoms with Crippen molar-refractivity contribution in [1.82, 2.24) is 20.3 Å². The maximum Gasteiger partial charge on any atom is 0.251 e. The van der Waals surface area contributed by atoms with Gasteiger partial charge in [-0.2, -0.15) is 0 Å². The molecule has 0 aliphatic carbocycles. The second-order valence-corrected chi connectivity index (χ2v) is 4.58. The fourth-order valence-corrected chi connectivity index (χ4v) is 2.08. The molecule has 20 heavy (non-hydrogen) atoms. The first-order valence-electron chi connectivity index (χ1n) is 6.39. The standard InChI is InChI=1S/C15H14N4O/c1-10(14-17-7-8-18-14)19-15(20)12-4-5-13-11(9-12)3-2-6-16-13/h2-10H,1H3,(H,17,18)(H,19,20). The van der Waals surface area contributed by atoms with Crippen molar-refractivity contribution in [2.75, 3.05) is 0 Å². The van der Waals surface area contributed by atoms with Crippen molar-refractivity contribution < 1.29 is 4.79 Å². The monoisotopic (exact) mass is 266 g/mol. The summed E-state index contributed by atoms with van der Waals surface area (Å²) in [4.78, 5) is 23.6. The van der Waals surface area contributed by atoms with Crippen molar-refractivity contribution in [3.63, 3.8) is 0 Å². The lowest BCUT2D eigenvalue weighted by molar-refractivity contribution is 0.0938. The van der Waals surface area contributed by atoms with E-state index in [2.05, 4.69) is 20.3 Å². The number of aromatic nitrogens is 3. The number of hydrogen-bond donors (Lipinski definition) is 2. The van der Waals surface area contributed by atoms with Crippen molar-refractivity contribution in [3.05, 3.63) is 60.3 Å². The molecular formula is C15H14N4O. The summed E-state index contributed by atoms with van der Waals surface area (Å²) < 4.78 is 0. The van der Waals surface area contributed by atoms with E-state index in [9.17, 15) is 4.79 Å². The number of pyridine rings is 1. The Labute approximate surface area is 116 Å². The summed E-state index contributed by atoms with van der Waals surface area (Å²) in [5, 5.41) is 3.86. The maximum atomic E-state index is 12.2. The molecule has 0 fully saturated rings. The number of carbonyl (C=O) groups excluding carboxylic acids is 1. The molecule has 0 aliphatic rings. The summed E-state index contributed by atoms with van der Waals surface area (Å²) in [5.74, 6) is 0.612. The average molecular weight is 266 g/mol. The van der Waals surface area contributed by atoms with Crippen molar-refractivity contribution in [2.45, 2.75) is 13.0 Å². The highest BCUT2D eigenvalue weighted by molar-refractivity contribution is 5.98.